The molecule has 31 heavy (non-hydrogen) atoms. The maximum Gasteiger partial charge on any atom is 0.164 e. The Balaban J connectivity index is 1.67. The summed E-state index contributed by atoms with van der Waals surface area (Å²) in [6.07, 6.45) is 1.26. The van der Waals surface area contributed by atoms with Gasteiger partial charge in [0.1, 0.15) is 5.82 Å². The molecular formula is C26H26FNO3. The van der Waals surface area contributed by atoms with Gasteiger partial charge in [0.05, 0.1) is 20.3 Å². The van der Waals surface area contributed by atoms with Gasteiger partial charge in [-0.05, 0) is 47.4 Å². The summed E-state index contributed by atoms with van der Waals surface area (Å²) >= 11 is 0. The second-order valence-electron chi connectivity index (χ2n) is 7.69. The van der Waals surface area contributed by atoms with E-state index in [2.05, 4.69) is 4.90 Å². The van der Waals surface area contributed by atoms with Crippen LogP contribution in [-0.4, -0.2) is 38.0 Å². The lowest BCUT2D eigenvalue weighted by Crippen LogP contribution is -2.37. The second-order valence-corrected chi connectivity index (χ2v) is 7.69. The number of fused-ring (bicyclic) bond motifs is 1. The number of halogens is 1. The molecule has 1 unspecified atom stereocenters. The molecule has 0 saturated heterocycles. The minimum atomic E-state index is -0.266. The lowest BCUT2D eigenvalue weighted by atomic mass is 9.87. The van der Waals surface area contributed by atoms with Crippen LogP contribution in [0.15, 0.2) is 66.7 Å². The molecule has 0 spiro atoms. The molecule has 4 nitrogen and oxygen atoms in total. The largest absolute Gasteiger partial charge is 0.493 e. The molecule has 1 heterocycles. The Morgan fingerprint density at radius 2 is 1.68 bits per heavy atom. The fourth-order valence-corrected chi connectivity index (χ4v) is 4.29. The van der Waals surface area contributed by atoms with Crippen molar-refractivity contribution in [1.29, 1.82) is 0 Å². The molecular weight excluding hydrogens is 393 g/mol. The highest BCUT2D eigenvalue weighted by molar-refractivity contribution is 5.96. The number of carbonyl (C=O) groups is 1. The molecule has 0 N–H and O–H groups in total. The number of methoxy groups -OCH3 is 2. The van der Waals surface area contributed by atoms with Crippen LogP contribution < -0.4 is 9.47 Å². The van der Waals surface area contributed by atoms with E-state index in [0.717, 1.165) is 29.7 Å². The topological polar surface area (TPSA) is 38.8 Å². The minimum absolute atomic E-state index is 0.0901. The van der Waals surface area contributed by atoms with Gasteiger partial charge in [0.2, 0.25) is 0 Å². The van der Waals surface area contributed by atoms with Gasteiger partial charge in [-0.3, -0.25) is 9.69 Å². The van der Waals surface area contributed by atoms with E-state index in [0.29, 0.717) is 24.5 Å². The third-order valence-electron chi connectivity index (χ3n) is 5.88. The van der Waals surface area contributed by atoms with Crippen molar-refractivity contribution >= 4 is 5.78 Å². The fraction of sp³-hybridized carbons (Fsp3) is 0.269. The number of hydrogen-bond donors (Lipinski definition) is 0. The molecule has 3 aromatic carbocycles. The molecule has 0 fully saturated rings. The third-order valence-corrected chi connectivity index (χ3v) is 5.88. The summed E-state index contributed by atoms with van der Waals surface area (Å²) in [5, 5.41) is 0. The first-order chi connectivity index (χ1) is 15.1. The van der Waals surface area contributed by atoms with E-state index in [1.807, 2.05) is 54.6 Å². The van der Waals surface area contributed by atoms with Crippen molar-refractivity contribution in [2.75, 3.05) is 27.3 Å². The smallest absolute Gasteiger partial charge is 0.164 e. The number of carbonyl (C=O) groups excluding carboxylic acids is 1. The Morgan fingerprint density at radius 1 is 1.00 bits per heavy atom. The van der Waals surface area contributed by atoms with Crippen molar-refractivity contribution < 1.29 is 18.7 Å². The molecule has 1 atom stereocenters. The molecule has 0 aromatic heterocycles. The average molecular weight is 419 g/mol. The molecule has 1 aliphatic rings. The van der Waals surface area contributed by atoms with Crippen LogP contribution in [0.4, 0.5) is 4.39 Å². The lowest BCUT2D eigenvalue weighted by Gasteiger charge is -2.38. The van der Waals surface area contributed by atoms with Gasteiger partial charge in [-0.25, -0.2) is 4.39 Å². The van der Waals surface area contributed by atoms with Gasteiger partial charge in [0.15, 0.2) is 17.3 Å². The first kappa shape index (κ1) is 21.1. The maximum atomic E-state index is 13.6. The number of ether oxygens (including phenoxy) is 2. The van der Waals surface area contributed by atoms with Crippen molar-refractivity contribution in [3.63, 3.8) is 0 Å². The highest BCUT2D eigenvalue weighted by atomic mass is 19.1. The van der Waals surface area contributed by atoms with Crippen LogP contribution in [0.1, 0.15) is 39.5 Å². The molecule has 0 aliphatic carbocycles. The van der Waals surface area contributed by atoms with E-state index in [1.54, 1.807) is 14.2 Å². The highest BCUT2D eigenvalue weighted by Gasteiger charge is 2.30. The zero-order chi connectivity index (χ0) is 21.8. The molecule has 160 valence electrons. The number of nitrogens with zero attached hydrogens (tertiary/aromatic N) is 1. The Kier molecular flexibility index (Phi) is 6.33. The molecule has 4 rings (SSSR count). The first-order valence-electron chi connectivity index (χ1n) is 10.4. The molecule has 0 radical (unpaired) electrons. The van der Waals surface area contributed by atoms with Gasteiger partial charge in [-0.2, -0.15) is 0 Å². The van der Waals surface area contributed by atoms with Crippen LogP contribution in [0, 0.1) is 5.82 Å². The maximum absolute atomic E-state index is 13.6. The predicted octanol–water partition coefficient (Wildman–Crippen LogP) is 5.06. The van der Waals surface area contributed by atoms with Crippen molar-refractivity contribution in [2.24, 2.45) is 0 Å². The first-order valence-corrected chi connectivity index (χ1v) is 10.4. The van der Waals surface area contributed by atoms with Crippen molar-refractivity contribution in [3.05, 3.63) is 94.8 Å². The second kappa shape index (κ2) is 9.31. The number of Topliss-reactive ketones (excluding diaryl/α,β-unsaturated/α-hetero) is 1. The SMILES string of the molecule is COc1cc2c(cc1OC)C(c1ccc(F)cc1)N(CCC(=O)c1ccccc1)CC2. The van der Waals surface area contributed by atoms with E-state index in [1.165, 1.54) is 17.7 Å². The van der Waals surface area contributed by atoms with Crippen molar-refractivity contribution in [3.8, 4) is 11.5 Å². The summed E-state index contributed by atoms with van der Waals surface area (Å²) in [4.78, 5) is 15.0. The average Bonchev–Trinajstić information content (AvgIpc) is 2.82. The minimum Gasteiger partial charge on any atom is -0.493 e. The summed E-state index contributed by atoms with van der Waals surface area (Å²) in [6, 6.07) is 19.9. The summed E-state index contributed by atoms with van der Waals surface area (Å²) in [5.41, 5.74) is 3.99. The number of benzene rings is 3. The normalized spacial score (nSPS) is 15.9. The van der Waals surface area contributed by atoms with Crippen LogP contribution in [0.5, 0.6) is 11.5 Å². The van der Waals surface area contributed by atoms with Gasteiger partial charge in [-0.15, -0.1) is 0 Å². The molecule has 0 saturated carbocycles. The van der Waals surface area contributed by atoms with Crippen LogP contribution >= 0.6 is 0 Å². The predicted molar refractivity (Wildman–Crippen MR) is 118 cm³/mol. The molecule has 0 bridgehead atoms. The Morgan fingerprint density at radius 3 is 2.35 bits per heavy atom. The Bertz CT molecular complexity index is 1050. The summed E-state index contributed by atoms with van der Waals surface area (Å²) < 4.78 is 24.6. The molecule has 5 heteroatoms. The molecule has 3 aromatic rings. The van der Waals surface area contributed by atoms with Gasteiger partial charge < -0.3 is 9.47 Å². The quantitative estimate of drug-likeness (QED) is 0.502. The number of ketones is 1. The standard InChI is InChI=1S/C26H26FNO3/c1-30-24-16-20-12-14-28(15-13-23(29)18-6-4-3-5-7-18)26(22(20)17-25(24)31-2)19-8-10-21(27)11-9-19/h3-11,16-17,26H,12-15H2,1-2H3. The molecule has 1 aliphatic heterocycles. The van der Waals surface area contributed by atoms with E-state index in [4.69, 9.17) is 9.47 Å². The Hall–Kier alpha value is -3.18. The number of hydrogen-bond acceptors (Lipinski definition) is 4. The van der Waals surface area contributed by atoms with E-state index >= 15 is 0 Å². The zero-order valence-corrected chi connectivity index (χ0v) is 17.8. The highest BCUT2D eigenvalue weighted by Crippen LogP contribution is 2.41. The number of rotatable bonds is 7. The lowest BCUT2D eigenvalue weighted by molar-refractivity contribution is 0.0953. The van der Waals surface area contributed by atoms with Crippen molar-refractivity contribution in [1.82, 2.24) is 4.90 Å². The monoisotopic (exact) mass is 419 g/mol. The van der Waals surface area contributed by atoms with E-state index in [9.17, 15) is 9.18 Å². The summed E-state index contributed by atoms with van der Waals surface area (Å²) in [6.45, 7) is 1.41. The van der Waals surface area contributed by atoms with Gasteiger partial charge in [-0.1, -0.05) is 42.5 Å². The van der Waals surface area contributed by atoms with Crippen molar-refractivity contribution in [2.45, 2.75) is 18.9 Å². The van der Waals surface area contributed by atoms with Gasteiger partial charge in [0.25, 0.3) is 0 Å². The van der Waals surface area contributed by atoms with E-state index < -0.39 is 0 Å². The molecule has 0 amide bonds. The van der Waals surface area contributed by atoms with Gasteiger partial charge >= 0.3 is 0 Å². The summed E-state index contributed by atoms with van der Waals surface area (Å²) in [5.74, 6) is 1.22. The fourth-order valence-electron chi connectivity index (χ4n) is 4.29. The van der Waals surface area contributed by atoms with Crippen LogP contribution in [0.2, 0.25) is 0 Å². The summed E-state index contributed by atoms with van der Waals surface area (Å²) in [7, 11) is 3.25. The third kappa shape index (κ3) is 4.47. The van der Waals surface area contributed by atoms with Crippen LogP contribution in [0.25, 0.3) is 0 Å². The Labute approximate surface area is 182 Å². The zero-order valence-electron chi connectivity index (χ0n) is 17.8. The van der Waals surface area contributed by atoms with Crippen LogP contribution in [-0.2, 0) is 6.42 Å². The van der Waals surface area contributed by atoms with E-state index in [-0.39, 0.29) is 17.6 Å². The van der Waals surface area contributed by atoms with Crippen LogP contribution in [0.3, 0.4) is 0 Å². The van der Waals surface area contributed by atoms with Gasteiger partial charge in [0, 0.05) is 25.1 Å².